The summed E-state index contributed by atoms with van der Waals surface area (Å²) in [6.45, 7) is 0. The number of terminal acetylenes is 1. The van der Waals surface area contributed by atoms with Gasteiger partial charge in [-0.25, -0.2) is 4.98 Å². The van der Waals surface area contributed by atoms with Crippen LogP contribution in [0.2, 0.25) is 0 Å². The quantitative estimate of drug-likeness (QED) is 0.629. The first kappa shape index (κ1) is 7.88. The molecule has 2 heteroatoms. The summed E-state index contributed by atoms with van der Waals surface area (Å²) in [6.07, 6.45) is 10.8. The molecule has 0 radical (unpaired) electrons. The Labute approximate surface area is 77.2 Å². The maximum absolute atomic E-state index is 5.21. The molecule has 2 aromatic rings. The lowest BCUT2D eigenvalue weighted by Gasteiger charge is -1.97. The molecule has 0 atom stereocenters. The third kappa shape index (κ3) is 1.41. The molecule has 0 spiro atoms. The Bertz CT molecular complexity index is 448. The molecule has 0 aliphatic rings. The van der Waals surface area contributed by atoms with Crippen molar-refractivity contribution in [3.8, 4) is 12.3 Å². The van der Waals surface area contributed by atoms with Gasteiger partial charge in [0, 0.05) is 30.9 Å². The number of aryl methyl sites for hydroxylation is 1. The average molecular weight is 170 g/mol. The summed E-state index contributed by atoms with van der Waals surface area (Å²) in [5.41, 5.74) is 2.16. The molecule has 0 fully saturated rings. The van der Waals surface area contributed by atoms with Gasteiger partial charge in [0.15, 0.2) is 0 Å². The maximum Gasteiger partial charge on any atom is 0.136 e. The standard InChI is InChI=1S/C11H10N2/c1-2-3-6-10-9-12-11-7-4-5-8-13(10)11/h1,4-5,7-9H,3,6H2. The molecular formula is C11H10N2. The van der Waals surface area contributed by atoms with Crippen LogP contribution in [0, 0.1) is 12.3 Å². The second kappa shape index (κ2) is 3.32. The molecule has 0 saturated heterocycles. The summed E-state index contributed by atoms with van der Waals surface area (Å²) in [5, 5.41) is 0. The van der Waals surface area contributed by atoms with Gasteiger partial charge in [-0.3, -0.25) is 0 Å². The fourth-order valence-electron chi connectivity index (χ4n) is 1.37. The van der Waals surface area contributed by atoms with Gasteiger partial charge in [0.2, 0.25) is 0 Å². The van der Waals surface area contributed by atoms with E-state index in [9.17, 15) is 0 Å². The van der Waals surface area contributed by atoms with Gasteiger partial charge in [0.25, 0.3) is 0 Å². The van der Waals surface area contributed by atoms with Gasteiger partial charge in [-0.05, 0) is 12.1 Å². The molecule has 0 bridgehead atoms. The summed E-state index contributed by atoms with van der Waals surface area (Å²) in [5.74, 6) is 2.63. The Balaban J connectivity index is 2.41. The molecule has 2 rings (SSSR count). The van der Waals surface area contributed by atoms with Gasteiger partial charge >= 0.3 is 0 Å². The van der Waals surface area contributed by atoms with E-state index in [4.69, 9.17) is 6.42 Å². The first-order valence-corrected chi connectivity index (χ1v) is 4.26. The zero-order valence-electron chi connectivity index (χ0n) is 7.27. The Morgan fingerprint density at radius 1 is 1.46 bits per heavy atom. The van der Waals surface area contributed by atoms with Crippen molar-refractivity contribution >= 4 is 5.65 Å². The predicted molar refractivity (Wildman–Crippen MR) is 52.3 cm³/mol. The van der Waals surface area contributed by atoms with E-state index in [0.717, 1.165) is 18.5 Å². The summed E-state index contributed by atoms with van der Waals surface area (Å²) >= 11 is 0. The smallest absolute Gasteiger partial charge is 0.136 e. The number of hydrogen-bond acceptors (Lipinski definition) is 1. The molecule has 0 unspecified atom stereocenters. The lowest BCUT2D eigenvalue weighted by Crippen LogP contribution is -1.90. The molecule has 13 heavy (non-hydrogen) atoms. The number of hydrogen-bond donors (Lipinski definition) is 0. The van der Waals surface area contributed by atoms with Crippen LogP contribution < -0.4 is 0 Å². The molecule has 0 aliphatic heterocycles. The monoisotopic (exact) mass is 170 g/mol. The van der Waals surface area contributed by atoms with Gasteiger partial charge < -0.3 is 4.40 Å². The van der Waals surface area contributed by atoms with E-state index in [2.05, 4.69) is 15.3 Å². The summed E-state index contributed by atoms with van der Waals surface area (Å²) in [4.78, 5) is 4.27. The van der Waals surface area contributed by atoms with E-state index in [0.29, 0.717) is 0 Å². The highest BCUT2D eigenvalue weighted by Gasteiger charge is 1.99. The molecule has 64 valence electrons. The molecule has 0 N–H and O–H groups in total. The van der Waals surface area contributed by atoms with E-state index in [1.807, 2.05) is 30.6 Å². The Morgan fingerprint density at radius 2 is 2.38 bits per heavy atom. The molecule has 2 heterocycles. The number of imidazole rings is 1. The summed E-state index contributed by atoms with van der Waals surface area (Å²) in [7, 11) is 0. The summed E-state index contributed by atoms with van der Waals surface area (Å²) < 4.78 is 2.07. The van der Waals surface area contributed by atoms with Crippen molar-refractivity contribution in [3.05, 3.63) is 36.3 Å². The van der Waals surface area contributed by atoms with Crippen LogP contribution in [0.5, 0.6) is 0 Å². The van der Waals surface area contributed by atoms with Gasteiger partial charge in [-0.2, -0.15) is 0 Å². The Hall–Kier alpha value is -1.75. The van der Waals surface area contributed by atoms with E-state index in [1.54, 1.807) is 0 Å². The van der Waals surface area contributed by atoms with E-state index in [-0.39, 0.29) is 0 Å². The highest BCUT2D eigenvalue weighted by Crippen LogP contribution is 2.07. The second-order valence-corrected chi connectivity index (χ2v) is 2.88. The fourth-order valence-corrected chi connectivity index (χ4v) is 1.37. The molecular weight excluding hydrogens is 160 g/mol. The van der Waals surface area contributed by atoms with Crippen LogP contribution in [0.4, 0.5) is 0 Å². The van der Waals surface area contributed by atoms with Gasteiger partial charge in [-0.15, -0.1) is 12.3 Å². The van der Waals surface area contributed by atoms with Crippen molar-refractivity contribution in [1.82, 2.24) is 9.38 Å². The normalized spacial score (nSPS) is 10.1. The van der Waals surface area contributed by atoms with Gasteiger partial charge in [0.1, 0.15) is 5.65 Å². The van der Waals surface area contributed by atoms with E-state index < -0.39 is 0 Å². The van der Waals surface area contributed by atoms with Crippen molar-refractivity contribution in [2.45, 2.75) is 12.8 Å². The fraction of sp³-hybridized carbons (Fsp3) is 0.182. The SMILES string of the molecule is C#CCCc1cnc2ccccn12. The van der Waals surface area contributed by atoms with Crippen LogP contribution in [0.3, 0.4) is 0 Å². The molecule has 0 aromatic carbocycles. The topological polar surface area (TPSA) is 17.3 Å². The van der Waals surface area contributed by atoms with Crippen LogP contribution in [-0.2, 0) is 6.42 Å². The zero-order chi connectivity index (χ0) is 9.10. The molecule has 2 nitrogen and oxygen atoms in total. The number of fused-ring (bicyclic) bond motifs is 1. The first-order valence-electron chi connectivity index (χ1n) is 4.26. The van der Waals surface area contributed by atoms with Crippen molar-refractivity contribution in [3.63, 3.8) is 0 Å². The van der Waals surface area contributed by atoms with Gasteiger partial charge in [0.05, 0.1) is 0 Å². The Kier molecular flexibility index (Phi) is 2.01. The molecule has 0 amide bonds. The lowest BCUT2D eigenvalue weighted by molar-refractivity contribution is 0.937. The minimum absolute atomic E-state index is 0.767. The van der Waals surface area contributed by atoms with Crippen LogP contribution in [0.1, 0.15) is 12.1 Å². The van der Waals surface area contributed by atoms with E-state index >= 15 is 0 Å². The Morgan fingerprint density at radius 3 is 3.23 bits per heavy atom. The van der Waals surface area contributed by atoms with Crippen molar-refractivity contribution in [1.29, 1.82) is 0 Å². The minimum atomic E-state index is 0.767. The number of aromatic nitrogens is 2. The molecule has 0 aliphatic carbocycles. The largest absolute Gasteiger partial charge is 0.304 e. The number of pyridine rings is 1. The minimum Gasteiger partial charge on any atom is -0.304 e. The average Bonchev–Trinajstić information content (AvgIpc) is 2.58. The third-order valence-corrected chi connectivity index (χ3v) is 2.02. The van der Waals surface area contributed by atoms with Crippen LogP contribution in [0.15, 0.2) is 30.6 Å². The van der Waals surface area contributed by atoms with Crippen molar-refractivity contribution < 1.29 is 0 Å². The van der Waals surface area contributed by atoms with Crippen LogP contribution >= 0.6 is 0 Å². The van der Waals surface area contributed by atoms with Crippen LogP contribution in [0.25, 0.3) is 5.65 Å². The maximum atomic E-state index is 5.21. The second-order valence-electron chi connectivity index (χ2n) is 2.88. The highest BCUT2D eigenvalue weighted by molar-refractivity contribution is 5.39. The number of rotatable bonds is 2. The van der Waals surface area contributed by atoms with Crippen molar-refractivity contribution in [2.75, 3.05) is 0 Å². The lowest BCUT2D eigenvalue weighted by atomic mass is 10.2. The van der Waals surface area contributed by atoms with E-state index in [1.165, 1.54) is 5.69 Å². The molecule has 0 saturated carbocycles. The van der Waals surface area contributed by atoms with Gasteiger partial charge in [-0.1, -0.05) is 6.07 Å². The summed E-state index contributed by atoms with van der Waals surface area (Å²) in [6, 6.07) is 5.96. The third-order valence-electron chi connectivity index (χ3n) is 2.02. The predicted octanol–water partition coefficient (Wildman–Crippen LogP) is 1.90. The highest BCUT2D eigenvalue weighted by atomic mass is 15.0. The first-order chi connectivity index (χ1) is 6.42. The number of nitrogens with zero attached hydrogens (tertiary/aromatic N) is 2. The van der Waals surface area contributed by atoms with Crippen molar-refractivity contribution in [2.24, 2.45) is 0 Å². The molecule has 2 aromatic heterocycles. The zero-order valence-corrected chi connectivity index (χ0v) is 7.27. The van der Waals surface area contributed by atoms with Crippen LogP contribution in [-0.4, -0.2) is 9.38 Å².